The molecule has 0 bridgehead atoms. The standard InChI is InChI=1S/C14H15N3O3S/c1-3-11-10(13(18)16-14(15-11)21-2)8-9-6-4-5-7-12(9)17(19)20/h4-7H,3,8H2,1-2H3,(H,15,16,18). The van der Waals surface area contributed by atoms with Crippen molar-refractivity contribution in [2.45, 2.75) is 24.9 Å². The fourth-order valence-electron chi connectivity index (χ4n) is 2.12. The number of H-pyrrole nitrogens is 1. The van der Waals surface area contributed by atoms with Crippen LogP contribution in [0.1, 0.15) is 23.7 Å². The van der Waals surface area contributed by atoms with Gasteiger partial charge in [0.2, 0.25) is 0 Å². The molecule has 0 aliphatic rings. The van der Waals surface area contributed by atoms with Crippen LogP contribution in [0.25, 0.3) is 0 Å². The molecule has 7 heteroatoms. The highest BCUT2D eigenvalue weighted by atomic mass is 32.2. The first-order valence-electron chi connectivity index (χ1n) is 6.45. The average Bonchev–Trinajstić information content (AvgIpc) is 2.49. The topological polar surface area (TPSA) is 88.9 Å². The van der Waals surface area contributed by atoms with E-state index >= 15 is 0 Å². The largest absolute Gasteiger partial charge is 0.301 e. The van der Waals surface area contributed by atoms with Crippen molar-refractivity contribution in [3.05, 3.63) is 61.6 Å². The smallest absolute Gasteiger partial charge is 0.272 e. The van der Waals surface area contributed by atoms with E-state index in [0.717, 1.165) is 0 Å². The minimum absolute atomic E-state index is 0.0212. The molecule has 0 aliphatic heterocycles. The number of hydrogen-bond acceptors (Lipinski definition) is 5. The van der Waals surface area contributed by atoms with Crippen LogP contribution in [0.2, 0.25) is 0 Å². The molecule has 0 saturated carbocycles. The van der Waals surface area contributed by atoms with Crippen LogP contribution >= 0.6 is 11.8 Å². The van der Waals surface area contributed by atoms with Crippen LogP contribution < -0.4 is 5.56 Å². The quantitative estimate of drug-likeness (QED) is 0.397. The lowest BCUT2D eigenvalue weighted by Gasteiger charge is -2.08. The third-order valence-corrected chi connectivity index (χ3v) is 3.74. The highest BCUT2D eigenvalue weighted by Gasteiger charge is 2.17. The number of hydrogen-bond donors (Lipinski definition) is 1. The molecule has 0 atom stereocenters. The number of benzene rings is 1. The maximum absolute atomic E-state index is 12.2. The van der Waals surface area contributed by atoms with Crippen molar-refractivity contribution in [3.63, 3.8) is 0 Å². The highest BCUT2D eigenvalue weighted by Crippen LogP contribution is 2.21. The number of nitrogens with zero attached hydrogens (tertiary/aromatic N) is 2. The molecular formula is C14H15N3O3S. The molecular weight excluding hydrogens is 290 g/mol. The van der Waals surface area contributed by atoms with Gasteiger partial charge in [-0.25, -0.2) is 4.98 Å². The number of nitro benzene ring substituents is 1. The molecule has 2 rings (SSSR count). The molecule has 0 unspecified atom stereocenters. The summed E-state index contributed by atoms with van der Waals surface area (Å²) >= 11 is 1.36. The van der Waals surface area contributed by atoms with E-state index in [1.807, 2.05) is 13.2 Å². The van der Waals surface area contributed by atoms with Crippen LogP contribution in [-0.4, -0.2) is 21.1 Å². The third-order valence-electron chi connectivity index (χ3n) is 3.16. The van der Waals surface area contributed by atoms with E-state index in [1.54, 1.807) is 18.2 Å². The Bertz CT molecular complexity index is 728. The minimum Gasteiger partial charge on any atom is -0.301 e. The molecule has 110 valence electrons. The Labute approximate surface area is 125 Å². The fraction of sp³-hybridized carbons (Fsp3) is 0.286. The summed E-state index contributed by atoms with van der Waals surface area (Å²) in [6.45, 7) is 1.91. The van der Waals surface area contributed by atoms with Crippen LogP contribution in [0.3, 0.4) is 0 Å². The van der Waals surface area contributed by atoms with E-state index in [-0.39, 0.29) is 17.7 Å². The summed E-state index contributed by atoms with van der Waals surface area (Å²) in [5, 5.41) is 11.6. The van der Waals surface area contributed by atoms with E-state index in [0.29, 0.717) is 28.4 Å². The fourth-order valence-corrected chi connectivity index (χ4v) is 2.52. The van der Waals surface area contributed by atoms with E-state index in [4.69, 9.17) is 0 Å². The van der Waals surface area contributed by atoms with E-state index in [9.17, 15) is 14.9 Å². The van der Waals surface area contributed by atoms with Crippen LogP contribution in [0.15, 0.2) is 34.2 Å². The van der Waals surface area contributed by atoms with Crippen LogP contribution in [0, 0.1) is 10.1 Å². The van der Waals surface area contributed by atoms with Crippen molar-refractivity contribution in [1.29, 1.82) is 0 Å². The van der Waals surface area contributed by atoms with Crippen molar-refractivity contribution < 1.29 is 4.92 Å². The Balaban J connectivity index is 2.50. The van der Waals surface area contributed by atoms with Gasteiger partial charge in [0.25, 0.3) is 11.2 Å². The zero-order chi connectivity index (χ0) is 15.4. The van der Waals surface area contributed by atoms with Crippen LogP contribution in [-0.2, 0) is 12.8 Å². The molecule has 0 aliphatic carbocycles. The molecule has 21 heavy (non-hydrogen) atoms. The van der Waals surface area contributed by atoms with Gasteiger partial charge in [0.05, 0.1) is 10.6 Å². The Morgan fingerprint density at radius 2 is 2.10 bits per heavy atom. The first-order chi connectivity index (χ1) is 10.1. The van der Waals surface area contributed by atoms with Gasteiger partial charge in [-0.1, -0.05) is 36.9 Å². The third kappa shape index (κ3) is 3.30. The maximum atomic E-state index is 12.2. The Hall–Kier alpha value is -2.15. The summed E-state index contributed by atoms with van der Waals surface area (Å²) < 4.78 is 0. The van der Waals surface area contributed by atoms with Crippen LogP contribution in [0.5, 0.6) is 0 Å². The summed E-state index contributed by atoms with van der Waals surface area (Å²) in [5.41, 5.74) is 1.48. The number of aryl methyl sites for hydroxylation is 1. The molecule has 0 fully saturated rings. The zero-order valence-electron chi connectivity index (χ0n) is 11.8. The molecule has 1 N–H and O–H groups in total. The minimum atomic E-state index is -0.432. The predicted octanol–water partition coefficient (Wildman–Crippen LogP) is 2.55. The summed E-state index contributed by atoms with van der Waals surface area (Å²) in [7, 11) is 0. The van der Waals surface area contributed by atoms with Gasteiger partial charge < -0.3 is 4.98 Å². The average molecular weight is 305 g/mol. The van der Waals surface area contributed by atoms with Gasteiger partial charge in [0.15, 0.2) is 5.16 Å². The molecule has 1 heterocycles. The maximum Gasteiger partial charge on any atom is 0.272 e. The second-order valence-corrected chi connectivity index (χ2v) is 5.21. The Morgan fingerprint density at radius 1 is 1.38 bits per heavy atom. The lowest BCUT2D eigenvalue weighted by Crippen LogP contribution is -2.19. The second-order valence-electron chi connectivity index (χ2n) is 4.42. The molecule has 0 amide bonds. The lowest BCUT2D eigenvalue weighted by molar-refractivity contribution is -0.385. The first kappa shape index (κ1) is 15.2. The van der Waals surface area contributed by atoms with Gasteiger partial charge in [-0.3, -0.25) is 14.9 Å². The monoisotopic (exact) mass is 305 g/mol. The van der Waals surface area contributed by atoms with E-state index < -0.39 is 4.92 Å². The number of aromatic amines is 1. The van der Waals surface area contributed by atoms with Gasteiger partial charge in [0, 0.05) is 23.6 Å². The molecule has 0 saturated heterocycles. The Kier molecular flexibility index (Phi) is 4.74. The summed E-state index contributed by atoms with van der Waals surface area (Å²) in [4.78, 5) is 29.9. The van der Waals surface area contributed by atoms with Crippen molar-refractivity contribution in [1.82, 2.24) is 9.97 Å². The van der Waals surface area contributed by atoms with Gasteiger partial charge >= 0.3 is 0 Å². The van der Waals surface area contributed by atoms with E-state index in [2.05, 4.69) is 9.97 Å². The lowest BCUT2D eigenvalue weighted by atomic mass is 10.0. The highest BCUT2D eigenvalue weighted by molar-refractivity contribution is 7.98. The predicted molar refractivity (Wildman–Crippen MR) is 81.9 cm³/mol. The van der Waals surface area contributed by atoms with Gasteiger partial charge in [-0.15, -0.1) is 0 Å². The van der Waals surface area contributed by atoms with Crippen LogP contribution in [0.4, 0.5) is 5.69 Å². The summed E-state index contributed by atoms with van der Waals surface area (Å²) in [5.74, 6) is 0. The van der Waals surface area contributed by atoms with Gasteiger partial charge in [-0.2, -0.15) is 0 Å². The number of thioether (sulfide) groups is 1. The molecule has 0 radical (unpaired) electrons. The number of aromatic nitrogens is 2. The first-order valence-corrected chi connectivity index (χ1v) is 7.67. The summed E-state index contributed by atoms with van der Waals surface area (Å²) in [6.07, 6.45) is 2.64. The number of nitro groups is 1. The molecule has 6 nitrogen and oxygen atoms in total. The van der Waals surface area contributed by atoms with Gasteiger partial charge in [-0.05, 0) is 12.7 Å². The van der Waals surface area contributed by atoms with Crippen molar-refractivity contribution in [2.75, 3.05) is 6.26 Å². The molecule has 1 aromatic heterocycles. The summed E-state index contributed by atoms with van der Waals surface area (Å²) in [6, 6.07) is 6.45. The van der Waals surface area contributed by atoms with Crippen molar-refractivity contribution >= 4 is 17.4 Å². The SMILES string of the molecule is CCc1nc(SC)[nH]c(=O)c1Cc1ccccc1[N+](=O)[O-]. The zero-order valence-corrected chi connectivity index (χ0v) is 12.6. The van der Waals surface area contributed by atoms with E-state index in [1.165, 1.54) is 17.8 Å². The number of nitrogens with one attached hydrogen (secondary N) is 1. The molecule has 0 spiro atoms. The molecule has 2 aromatic rings. The number of rotatable bonds is 5. The number of para-hydroxylation sites is 1. The van der Waals surface area contributed by atoms with Crippen molar-refractivity contribution in [3.8, 4) is 0 Å². The molecule has 1 aromatic carbocycles. The second kappa shape index (κ2) is 6.53. The van der Waals surface area contributed by atoms with Crippen molar-refractivity contribution in [2.24, 2.45) is 0 Å². The normalized spacial score (nSPS) is 10.6. The van der Waals surface area contributed by atoms with Gasteiger partial charge in [0.1, 0.15) is 0 Å². The Morgan fingerprint density at radius 3 is 2.71 bits per heavy atom.